The van der Waals surface area contributed by atoms with Crippen LogP contribution in [0.25, 0.3) is 0 Å². The molecule has 1 heterocycles. The minimum absolute atomic E-state index is 0.0187. The molecule has 1 aliphatic carbocycles. The third-order valence-corrected chi connectivity index (χ3v) is 7.82. The van der Waals surface area contributed by atoms with Gasteiger partial charge in [0.2, 0.25) is 0 Å². The Kier molecular flexibility index (Phi) is 7.58. The van der Waals surface area contributed by atoms with Gasteiger partial charge in [-0.15, -0.1) is 0 Å². The van der Waals surface area contributed by atoms with Crippen LogP contribution < -0.4 is 15.4 Å². The Labute approximate surface area is 241 Å². The number of aryl methyl sites for hydroxylation is 1. The van der Waals surface area contributed by atoms with E-state index in [0.717, 1.165) is 34.4 Å². The number of nitriles is 1. The molecule has 1 atom stereocenters. The highest BCUT2D eigenvalue weighted by Gasteiger charge is 2.41. The fourth-order valence-electron chi connectivity index (χ4n) is 5.62. The third kappa shape index (κ3) is 5.42. The van der Waals surface area contributed by atoms with Crippen molar-refractivity contribution in [1.82, 2.24) is 0 Å². The zero-order chi connectivity index (χ0) is 29.5. The van der Waals surface area contributed by atoms with E-state index in [9.17, 15) is 23.2 Å². The van der Waals surface area contributed by atoms with Gasteiger partial charge in [0.15, 0.2) is 5.78 Å². The van der Waals surface area contributed by atoms with Crippen LogP contribution in [0, 0.1) is 25.2 Å². The highest BCUT2D eigenvalue weighted by Crippen LogP contribution is 2.48. The van der Waals surface area contributed by atoms with E-state index in [0.29, 0.717) is 34.9 Å². The van der Waals surface area contributed by atoms with Gasteiger partial charge in [-0.2, -0.15) is 18.4 Å². The molecule has 41 heavy (non-hydrogen) atoms. The van der Waals surface area contributed by atoms with Crippen LogP contribution in [-0.4, -0.2) is 5.78 Å². The summed E-state index contributed by atoms with van der Waals surface area (Å²) in [5.41, 5.74) is 10.3. The Hall–Kier alpha value is -4.22. The van der Waals surface area contributed by atoms with Crippen LogP contribution in [0.4, 0.5) is 18.9 Å². The third-order valence-electron chi connectivity index (χ3n) is 7.56. The highest BCUT2D eigenvalue weighted by atomic mass is 35.5. The first-order valence-electron chi connectivity index (χ1n) is 13.1. The second-order valence-corrected chi connectivity index (χ2v) is 10.7. The number of benzene rings is 3. The van der Waals surface area contributed by atoms with Crippen LogP contribution in [0.2, 0.25) is 5.02 Å². The molecule has 1 aliphatic heterocycles. The number of hydrogen-bond donors (Lipinski definition) is 1. The van der Waals surface area contributed by atoms with Crippen molar-refractivity contribution >= 4 is 23.1 Å². The zero-order valence-corrected chi connectivity index (χ0v) is 23.2. The fraction of sp³-hybridized carbons (Fsp3) is 0.250. The maximum absolute atomic E-state index is 13.6. The van der Waals surface area contributed by atoms with E-state index in [-0.39, 0.29) is 35.9 Å². The van der Waals surface area contributed by atoms with E-state index < -0.39 is 17.7 Å². The minimum atomic E-state index is -4.56. The fourth-order valence-corrected chi connectivity index (χ4v) is 5.74. The summed E-state index contributed by atoms with van der Waals surface area (Å²) < 4.78 is 46.7. The summed E-state index contributed by atoms with van der Waals surface area (Å²) in [5.74, 6) is -0.238. The van der Waals surface area contributed by atoms with Crippen molar-refractivity contribution in [1.29, 1.82) is 5.26 Å². The number of nitrogens with zero attached hydrogens (tertiary/aromatic N) is 2. The minimum Gasteiger partial charge on any atom is -0.489 e. The second kappa shape index (κ2) is 11.0. The van der Waals surface area contributed by atoms with Gasteiger partial charge in [0.1, 0.15) is 18.2 Å². The maximum atomic E-state index is 13.6. The number of carbonyl (C=O) groups excluding carboxylic acids is 1. The van der Waals surface area contributed by atoms with Crippen LogP contribution >= 0.6 is 11.6 Å². The number of halogens is 4. The van der Waals surface area contributed by atoms with E-state index in [1.54, 1.807) is 24.3 Å². The Morgan fingerprint density at radius 3 is 2.51 bits per heavy atom. The standard InChI is InChI=1S/C32H27ClF3N3O2/c1-18-13-20(17-41-24-11-9-22(33)10-12-24)19(2)25(14-18)29-26(16-37)31(38)39(27-7-4-8-28(40)30(27)29)23-6-3-5-21(15-23)32(34,35)36/h3,5-6,9-15,29H,4,7-8,17,38H2,1-2H3. The molecular weight excluding hydrogens is 551 g/mol. The average Bonchev–Trinajstić information content (AvgIpc) is 2.93. The number of rotatable bonds is 5. The Balaban J connectivity index is 1.63. The highest BCUT2D eigenvalue weighted by molar-refractivity contribution is 6.30. The topological polar surface area (TPSA) is 79.3 Å². The largest absolute Gasteiger partial charge is 0.489 e. The Bertz CT molecular complexity index is 1640. The van der Waals surface area contributed by atoms with Gasteiger partial charge in [-0.1, -0.05) is 35.4 Å². The van der Waals surface area contributed by atoms with Crippen molar-refractivity contribution in [3.05, 3.63) is 116 Å². The number of Topliss-reactive ketones (excluding diaryl/α,β-unsaturated/α-hetero) is 1. The summed E-state index contributed by atoms with van der Waals surface area (Å²) in [7, 11) is 0. The molecular formula is C32H27ClF3N3O2. The number of allylic oxidation sites excluding steroid dienone is 3. The van der Waals surface area contributed by atoms with Gasteiger partial charge in [-0.05, 0) is 85.8 Å². The first kappa shape index (κ1) is 28.3. The molecule has 9 heteroatoms. The Morgan fingerprint density at radius 2 is 1.83 bits per heavy atom. The number of hydrogen-bond acceptors (Lipinski definition) is 5. The molecule has 0 fully saturated rings. The van der Waals surface area contributed by atoms with Crippen LogP contribution in [-0.2, 0) is 17.6 Å². The predicted molar refractivity (Wildman–Crippen MR) is 151 cm³/mol. The maximum Gasteiger partial charge on any atom is 0.416 e. The molecule has 1 unspecified atom stereocenters. The van der Waals surface area contributed by atoms with Gasteiger partial charge in [0.05, 0.1) is 23.1 Å². The molecule has 0 spiro atoms. The van der Waals surface area contributed by atoms with Crippen molar-refractivity contribution in [3.63, 3.8) is 0 Å². The quantitative estimate of drug-likeness (QED) is 0.334. The van der Waals surface area contributed by atoms with Crippen LogP contribution in [0.3, 0.4) is 0 Å². The molecule has 0 saturated heterocycles. The van der Waals surface area contributed by atoms with E-state index >= 15 is 0 Å². The number of carbonyl (C=O) groups is 1. The van der Waals surface area contributed by atoms with E-state index in [1.807, 2.05) is 26.0 Å². The molecule has 2 aliphatic rings. The van der Waals surface area contributed by atoms with Gasteiger partial charge in [0, 0.05) is 28.4 Å². The van der Waals surface area contributed by atoms with E-state index in [1.165, 1.54) is 17.0 Å². The van der Waals surface area contributed by atoms with Crippen molar-refractivity contribution in [3.8, 4) is 11.8 Å². The number of anilines is 1. The molecule has 0 amide bonds. The summed E-state index contributed by atoms with van der Waals surface area (Å²) in [6, 6.07) is 17.9. The zero-order valence-electron chi connectivity index (χ0n) is 22.5. The van der Waals surface area contributed by atoms with Gasteiger partial charge >= 0.3 is 6.18 Å². The monoisotopic (exact) mass is 577 g/mol. The summed E-state index contributed by atoms with van der Waals surface area (Å²) in [6.45, 7) is 4.07. The first-order chi connectivity index (χ1) is 19.5. The van der Waals surface area contributed by atoms with Gasteiger partial charge < -0.3 is 10.5 Å². The van der Waals surface area contributed by atoms with Crippen molar-refractivity contribution in [2.45, 2.75) is 51.8 Å². The number of alkyl halides is 3. The molecule has 210 valence electrons. The molecule has 5 nitrogen and oxygen atoms in total. The van der Waals surface area contributed by atoms with Crippen molar-refractivity contribution < 1.29 is 22.7 Å². The summed E-state index contributed by atoms with van der Waals surface area (Å²) >= 11 is 5.98. The molecule has 0 aromatic heterocycles. The number of ether oxygens (including phenoxy) is 1. The number of ketones is 1. The molecule has 0 radical (unpaired) electrons. The lowest BCUT2D eigenvalue weighted by Gasteiger charge is -2.40. The normalized spacial score (nSPS) is 17.4. The number of nitrogens with two attached hydrogens (primary N) is 1. The van der Waals surface area contributed by atoms with Crippen molar-refractivity contribution in [2.75, 3.05) is 4.90 Å². The average molecular weight is 578 g/mol. The SMILES string of the molecule is Cc1cc(COc2ccc(Cl)cc2)c(C)c(C2C(C#N)=C(N)N(c3cccc(C(F)(F)F)c3)C3=C2C(=O)CCC3)c1. The summed E-state index contributed by atoms with van der Waals surface area (Å²) in [4.78, 5) is 15.0. The van der Waals surface area contributed by atoms with Crippen LogP contribution in [0.5, 0.6) is 5.75 Å². The van der Waals surface area contributed by atoms with Gasteiger partial charge in [-0.25, -0.2) is 0 Å². The molecule has 3 aromatic carbocycles. The lowest BCUT2D eigenvalue weighted by molar-refractivity contribution is -0.137. The van der Waals surface area contributed by atoms with Crippen molar-refractivity contribution in [2.24, 2.45) is 5.73 Å². The smallest absolute Gasteiger partial charge is 0.416 e. The lowest BCUT2D eigenvalue weighted by atomic mass is 9.73. The predicted octanol–water partition coefficient (Wildman–Crippen LogP) is 7.86. The molecule has 3 aromatic rings. The molecule has 5 rings (SSSR count). The summed E-state index contributed by atoms with van der Waals surface area (Å²) in [6.07, 6.45) is -3.32. The van der Waals surface area contributed by atoms with E-state index in [2.05, 4.69) is 6.07 Å². The molecule has 0 saturated carbocycles. The Morgan fingerprint density at radius 1 is 1.10 bits per heavy atom. The van der Waals surface area contributed by atoms with E-state index in [4.69, 9.17) is 22.1 Å². The summed E-state index contributed by atoms with van der Waals surface area (Å²) in [5, 5.41) is 11.0. The molecule has 2 N–H and O–H groups in total. The molecule has 0 bridgehead atoms. The lowest BCUT2D eigenvalue weighted by Crippen LogP contribution is -2.39. The second-order valence-electron chi connectivity index (χ2n) is 10.2. The van der Waals surface area contributed by atoms with Crippen LogP contribution in [0.15, 0.2) is 83.3 Å². The van der Waals surface area contributed by atoms with Gasteiger partial charge in [-0.3, -0.25) is 9.69 Å². The van der Waals surface area contributed by atoms with Gasteiger partial charge in [0.25, 0.3) is 0 Å². The van der Waals surface area contributed by atoms with Crippen LogP contribution in [0.1, 0.15) is 53.0 Å². The first-order valence-corrected chi connectivity index (χ1v) is 13.5.